The zero-order valence-corrected chi connectivity index (χ0v) is 15.3. The standard InChI is InChI=1S/C16H20N2O4S2/c1-10(2)23-16-17-12-8-24(19,20)9-13(12)18(16)11-3-4-14-15(7-11)22-6-5-21-14/h3-4,7,10,12-13H,5-6,8-9H2,1-2H3/t12-,13-/m1/s1. The number of hydrogen-bond donors (Lipinski definition) is 0. The zero-order chi connectivity index (χ0) is 16.9. The van der Waals surface area contributed by atoms with Crippen LogP contribution >= 0.6 is 11.8 Å². The topological polar surface area (TPSA) is 68.2 Å². The summed E-state index contributed by atoms with van der Waals surface area (Å²) >= 11 is 1.67. The minimum absolute atomic E-state index is 0.126. The van der Waals surface area contributed by atoms with Crippen molar-refractivity contribution >= 4 is 32.5 Å². The maximum atomic E-state index is 12.0. The van der Waals surface area contributed by atoms with Crippen LogP contribution in [0.5, 0.6) is 11.5 Å². The fourth-order valence-corrected chi connectivity index (χ4v) is 6.13. The molecule has 3 aliphatic heterocycles. The lowest BCUT2D eigenvalue weighted by Gasteiger charge is -2.28. The van der Waals surface area contributed by atoms with Gasteiger partial charge in [0.15, 0.2) is 26.5 Å². The average Bonchev–Trinajstić information content (AvgIpc) is 2.97. The number of thioether (sulfide) groups is 1. The van der Waals surface area contributed by atoms with E-state index >= 15 is 0 Å². The first-order valence-electron chi connectivity index (χ1n) is 8.07. The van der Waals surface area contributed by atoms with E-state index in [4.69, 9.17) is 14.5 Å². The van der Waals surface area contributed by atoms with Gasteiger partial charge in [-0.2, -0.15) is 0 Å². The average molecular weight is 368 g/mol. The van der Waals surface area contributed by atoms with E-state index in [9.17, 15) is 8.42 Å². The molecule has 0 unspecified atom stereocenters. The first-order valence-corrected chi connectivity index (χ1v) is 10.8. The molecule has 0 radical (unpaired) electrons. The van der Waals surface area contributed by atoms with Gasteiger partial charge in [-0.15, -0.1) is 0 Å². The number of aliphatic imine (C=N–C) groups is 1. The Morgan fingerprint density at radius 2 is 1.96 bits per heavy atom. The molecule has 0 bridgehead atoms. The van der Waals surface area contributed by atoms with Gasteiger partial charge in [-0.1, -0.05) is 25.6 Å². The Morgan fingerprint density at radius 3 is 2.71 bits per heavy atom. The number of ether oxygens (including phenoxy) is 2. The SMILES string of the molecule is CC(C)SC1=N[C@@H]2CS(=O)(=O)C[C@H]2N1c1ccc2c(c1)OCCO2. The van der Waals surface area contributed by atoms with Crippen LogP contribution < -0.4 is 14.4 Å². The van der Waals surface area contributed by atoms with E-state index in [0.717, 1.165) is 16.6 Å². The van der Waals surface area contributed by atoms with Crippen molar-refractivity contribution in [2.24, 2.45) is 4.99 Å². The highest BCUT2D eigenvalue weighted by molar-refractivity contribution is 8.14. The quantitative estimate of drug-likeness (QED) is 0.795. The Balaban J connectivity index is 1.72. The van der Waals surface area contributed by atoms with Crippen molar-refractivity contribution in [2.45, 2.75) is 31.2 Å². The second-order valence-corrected chi connectivity index (χ2v) is 10.2. The molecule has 1 aromatic carbocycles. The first kappa shape index (κ1) is 16.1. The lowest BCUT2D eigenvalue weighted by Crippen LogP contribution is -2.39. The summed E-state index contributed by atoms with van der Waals surface area (Å²) in [6.07, 6.45) is 0. The smallest absolute Gasteiger partial charge is 0.164 e. The van der Waals surface area contributed by atoms with Crippen molar-refractivity contribution in [1.29, 1.82) is 0 Å². The third-order valence-electron chi connectivity index (χ3n) is 4.25. The Bertz CT molecular complexity index is 791. The fraction of sp³-hybridized carbons (Fsp3) is 0.562. The second kappa shape index (κ2) is 5.84. The highest BCUT2D eigenvalue weighted by Gasteiger charge is 2.47. The molecule has 1 saturated heterocycles. The molecule has 0 amide bonds. The number of sulfone groups is 1. The number of nitrogens with zero attached hydrogens (tertiary/aromatic N) is 2. The summed E-state index contributed by atoms with van der Waals surface area (Å²) < 4.78 is 35.3. The van der Waals surface area contributed by atoms with Gasteiger partial charge in [0.25, 0.3) is 0 Å². The number of amidine groups is 1. The Hall–Kier alpha value is -1.41. The van der Waals surface area contributed by atoms with Gasteiger partial charge in [-0.25, -0.2) is 8.42 Å². The molecule has 0 aromatic heterocycles. The van der Waals surface area contributed by atoms with E-state index in [1.54, 1.807) is 11.8 Å². The number of rotatable bonds is 2. The van der Waals surface area contributed by atoms with Crippen molar-refractivity contribution in [3.05, 3.63) is 18.2 Å². The molecular weight excluding hydrogens is 348 g/mol. The lowest BCUT2D eigenvalue weighted by atomic mass is 10.1. The van der Waals surface area contributed by atoms with Crippen LogP contribution in [0, 0.1) is 0 Å². The minimum Gasteiger partial charge on any atom is -0.486 e. The van der Waals surface area contributed by atoms with E-state index in [-0.39, 0.29) is 23.6 Å². The molecule has 8 heteroatoms. The maximum absolute atomic E-state index is 12.0. The van der Waals surface area contributed by atoms with E-state index in [1.165, 1.54) is 0 Å². The fourth-order valence-electron chi connectivity index (χ4n) is 3.31. The van der Waals surface area contributed by atoms with E-state index < -0.39 is 9.84 Å². The van der Waals surface area contributed by atoms with Gasteiger partial charge in [0.05, 0.1) is 23.6 Å². The first-order chi connectivity index (χ1) is 11.4. The van der Waals surface area contributed by atoms with Crippen molar-refractivity contribution in [2.75, 3.05) is 29.6 Å². The molecule has 0 spiro atoms. The predicted molar refractivity (Wildman–Crippen MR) is 96.3 cm³/mol. The van der Waals surface area contributed by atoms with Crippen molar-refractivity contribution in [3.8, 4) is 11.5 Å². The van der Waals surface area contributed by atoms with Crippen molar-refractivity contribution < 1.29 is 17.9 Å². The number of fused-ring (bicyclic) bond motifs is 2. The highest BCUT2D eigenvalue weighted by Crippen LogP contribution is 2.40. The largest absolute Gasteiger partial charge is 0.486 e. The van der Waals surface area contributed by atoms with Gasteiger partial charge in [-0.05, 0) is 12.1 Å². The van der Waals surface area contributed by atoms with Crippen LogP contribution in [0.25, 0.3) is 0 Å². The van der Waals surface area contributed by atoms with Crippen molar-refractivity contribution in [1.82, 2.24) is 0 Å². The molecule has 1 aromatic rings. The zero-order valence-electron chi connectivity index (χ0n) is 13.6. The van der Waals surface area contributed by atoms with Gasteiger partial charge in [0.1, 0.15) is 13.2 Å². The molecule has 1 fully saturated rings. The summed E-state index contributed by atoms with van der Waals surface area (Å²) in [4.78, 5) is 6.78. The molecule has 6 nitrogen and oxygen atoms in total. The van der Waals surface area contributed by atoms with E-state index in [0.29, 0.717) is 24.2 Å². The van der Waals surface area contributed by atoms with Crippen LogP contribution in [-0.4, -0.2) is 55.6 Å². The minimum atomic E-state index is -3.03. The molecule has 3 heterocycles. The Kier molecular flexibility index (Phi) is 3.91. The van der Waals surface area contributed by atoms with Crippen LogP contribution in [0.4, 0.5) is 5.69 Å². The monoisotopic (exact) mass is 368 g/mol. The maximum Gasteiger partial charge on any atom is 0.164 e. The van der Waals surface area contributed by atoms with Crippen LogP contribution in [0.15, 0.2) is 23.2 Å². The normalized spacial score (nSPS) is 27.3. The molecule has 3 aliphatic rings. The molecule has 130 valence electrons. The van der Waals surface area contributed by atoms with Gasteiger partial charge in [0.2, 0.25) is 0 Å². The number of benzene rings is 1. The van der Waals surface area contributed by atoms with Gasteiger partial charge in [-0.3, -0.25) is 4.99 Å². The molecule has 4 rings (SSSR count). The second-order valence-electron chi connectivity index (χ2n) is 6.49. The van der Waals surface area contributed by atoms with Crippen LogP contribution in [-0.2, 0) is 9.84 Å². The summed E-state index contributed by atoms with van der Waals surface area (Å²) in [6, 6.07) is 5.47. The van der Waals surface area contributed by atoms with Gasteiger partial charge < -0.3 is 14.4 Å². The van der Waals surface area contributed by atoms with Crippen molar-refractivity contribution in [3.63, 3.8) is 0 Å². The third kappa shape index (κ3) is 2.86. The van der Waals surface area contributed by atoms with Gasteiger partial charge >= 0.3 is 0 Å². The Labute approximate surface area is 146 Å². The van der Waals surface area contributed by atoms with E-state index in [2.05, 4.69) is 18.7 Å². The summed E-state index contributed by atoms with van der Waals surface area (Å²) in [6.45, 7) is 5.30. The third-order valence-corrected chi connectivity index (χ3v) is 6.94. The van der Waals surface area contributed by atoms with Crippen LogP contribution in [0.1, 0.15) is 13.8 Å². The van der Waals surface area contributed by atoms with Crippen LogP contribution in [0.3, 0.4) is 0 Å². The number of anilines is 1. The molecular formula is C16H20N2O4S2. The van der Waals surface area contributed by atoms with E-state index in [1.807, 2.05) is 18.2 Å². The molecule has 0 saturated carbocycles. The summed E-state index contributed by atoms with van der Waals surface area (Å²) in [5.74, 6) is 1.73. The summed E-state index contributed by atoms with van der Waals surface area (Å²) in [5.41, 5.74) is 0.913. The lowest BCUT2D eigenvalue weighted by molar-refractivity contribution is 0.171. The molecule has 0 N–H and O–H groups in total. The molecule has 24 heavy (non-hydrogen) atoms. The predicted octanol–water partition coefficient (Wildman–Crippen LogP) is 1.94. The van der Waals surface area contributed by atoms with Crippen LogP contribution in [0.2, 0.25) is 0 Å². The summed E-state index contributed by atoms with van der Waals surface area (Å²) in [7, 11) is -3.03. The summed E-state index contributed by atoms with van der Waals surface area (Å²) in [5, 5.41) is 1.27. The molecule has 2 atom stereocenters. The molecule has 0 aliphatic carbocycles. The number of hydrogen-bond acceptors (Lipinski definition) is 7. The Morgan fingerprint density at radius 1 is 1.21 bits per heavy atom. The van der Waals surface area contributed by atoms with Gasteiger partial charge in [0, 0.05) is 17.0 Å². The highest BCUT2D eigenvalue weighted by atomic mass is 32.2.